The molecule has 0 aromatic heterocycles. The summed E-state index contributed by atoms with van der Waals surface area (Å²) in [7, 11) is 0. The van der Waals surface area contributed by atoms with Gasteiger partial charge in [-0.15, -0.1) is 0 Å². The number of rotatable bonds is 1. The third kappa shape index (κ3) is 1.05. The first-order chi connectivity index (χ1) is 7.25. The molecular weight excluding hydrogens is 192 g/mol. The van der Waals surface area contributed by atoms with Gasteiger partial charge in [-0.3, -0.25) is 4.99 Å². The minimum atomic E-state index is -1.01. The Balaban J connectivity index is 2.34. The van der Waals surface area contributed by atoms with E-state index in [4.69, 9.17) is 5.11 Å². The number of carbonyl (C=O) groups is 1. The van der Waals surface area contributed by atoms with Crippen LogP contribution in [0.3, 0.4) is 0 Å². The molecule has 1 aromatic carbocycles. The third-order valence-corrected chi connectivity index (χ3v) is 2.42. The van der Waals surface area contributed by atoms with E-state index in [2.05, 4.69) is 9.98 Å². The van der Waals surface area contributed by atoms with Crippen LogP contribution in [-0.4, -0.2) is 17.3 Å². The maximum atomic E-state index is 10.8. The normalized spacial score (nSPS) is 15.1. The van der Waals surface area contributed by atoms with Crippen molar-refractivity contribution in [3.8, 4) is 0 Å². The molecule has 0 atom stereocenters. The number of aliphatic carboxylic acids is 1. The molecule has 2 aliphatic rings. The molecule has 0 fully saturated rings. The Labute approximate surface area is 84.6 Å². The summed E-state index contributed by atoms with van der Waals surface area (Å²) in [5.74, 6) is -1.01. The first-order valence-electron chi connectivity index (χ1n) is 4.47. The molecule has 4 heteroatoms. The Morgan fingerprint density at radius 2 is 2.20 bits per heavy atom. The van der Waals surface area contributed by atoms with Gasteiger partial charge in [0.2, 0.25) is 0 Å². The van der Waals surface area contributed by atoms with Crippen molar-refractivity contribution in [1.82, 2.24) is 0 Å². The van der Waals surface area contributed by atoms with Crippen molar-refractivity contribution in [2.45, 2.75) is 0 Å². The predicted molar refractivity (Wildman–Crippen MR) is 55.5 cm³/mol. The molecule has 2 heterocycles. The smallest absolute Gasteiger partial charge is 0.354 e. The molecule has 4 nitrogen and oxygen atoms in total. The average molecular weight is 198 g/mol. The summed E-state index contributed by atoms with van der Waals surface area (Å²) in [5, 5.41) is 10.5. The Bertz CT molecular complexity index is 654. The van der Waals surface area contributed by atoms with E-state index in [0.717, 1.165) is 16.5 Å². The molecule has 2 aliphatic heterocycles. The number of hydrogen-bond acceptors (Lipinski definition) is 3. The quantitative estimate of drug-likeness (QED) is 0.702. The zero-order valence-electron chi connectivity index (χ0n) is 7.64. The van der Waals surface area contributed by atoms with Crippen LogP contribution in [0.4, 0.5) is 5.69 Å². The Hall–Kier alpha value is -2.23. The van der Waals surface area contributed by atoms with E-state index >= 15 is 0 Å². The van der Waals surface area contributed by atoms with E-state index < -0.39 is 5.97 Å². The van der Waals surface area contributed by atoms with Gasteiger partial charge in [0.25, 0.3) is 0 Å². The van der Waals surface area contributed by atoms with Crippen LogP contribution >= 0.6 is 0 Å². The fourth-order valence-electron chi connectivity index (χ4n) is 1.73. The van der Waals surface area contributed by atoms with Gasteiger partial charge in [-0.05, 0) is 18.2 Å². The number of nitrogens with zero attached hydrogens (tertiary/aromatic N) is 2. The van der Waals surface area contributed by atoms with Crippen molar-refractivity contribution < 1.29 is 9.90 Å². The highest BCUT2D eigenvalue weighted by Gasteiger charge is 2.16. The number of aliphatic imine (C=N–C) groups is 1. The molecule has 0 saturated carbocycles. The van der Waals surface area contributed by atoms with Crippen molar-refractivity contribution >= 4 is 30.0 Å². The van der Waals surface area contributed by atoms with E-state index in [1.54, 1.807) is 12.3 Å². The second kappa shape index (κ2) is 2.63. The topological polar surface area (TPSA) is 62.0 Å². The fourth-order valence-corrected chi connectivity index (χ4v) is 1.73. The second-order valence-corrected chi connectivity index (χ2v) is 3.33. The molecule has 1 aromatic rings. The lowest BCUT2D eigenvalue weighted by atomic mass is 10.1. The largest absolute Gasteiger partial charge is 0.477 e. The zero-order chi connectivity index (χ0) is 10.4. The van der Waals surface area contributed by atoms with Gasteiger partial charge in [-0.1, -0.05) is 6.07 Å². The minimum absolute atomic E-state index is 0.0699. The highest BCUT2D eigenvalue weighted by Crippen LogP contribution is 2.19. The molecule has 3 rings (SSSR count). The van der Waals surface area contributed by atoms with Crippen LogP contribution in [0.15, 0.2) is 27.8 Å². The summed E-state index contributed by atoms with van der Waals surface area (Å²) in [4.78, 5) is 19.0. The SMILES string of the molecule is O=C(O)C1=Cc2c3c(ccc2=N1)=CC=N3. The van der Waals surface area contributed by atoms with E-state index in [0.29, 0.717) is 5.36 Å². The molecular formula is C11H6N2O2. The van der Waals surface area contributed by atoms with Gasteiger partial charge in [-0.25, -0.2) is 9.79 Å². The fraction of sp³-hybridized carbons (Fsp3) is 0. The highest BCUT2D eigenvalue weighted by molar-refractivity contribution is 6.00. The molecule has 15 heavy (non-hydrogen) atoms. The van der Waals surface area contributed by atoms with Crippen molar-refractivity contribution in [1.29, 1.82) is 0 Å². The van der Waals surface area contributed by atoms with Crippen molar-refractivity contribution in [2.75, 3.05) is 0 Å². The summed E-state index contributed by atoms with van der Waals surface area (Å²) in [6.07, 6.45) is 5.16. The molecule has 0 unspecified atom stereocenters. The van der Waals surface area contributed by atoms with Crippen LogP contribution in [0.1, 0.15) is 5.56 Å². The maximum Gasteiger partial charge on any atom is 0.354 e. The monoisotopic (exact) mass is 198 g/mol. The van der Waals surface area contributed by atoms with Gasteiger partial charge < -0.3 is 5.11 Å². The molecule has 1 N–H and O–H groups in total. The van der Waals surface area contributed by atoms with E-state index in [1.165, 1.54) is 0 Å². The molecule has 0 radical (unpaired) electrons. The second-order valence-electron chi connectivity index (χ2n) is 3.33. The summed E-state index contributed by atoms with van der Waals surface area (Å²) in [6, 6.07) is 3.70. The number of hydrogen-bond donors (Lipinski definition) is 1. The lowest BCUT2D eigenvalue weighted by Gasteiger charge is -1.94. The first kappa shape index (κ1) is 8.11. The molecule has 0 amide bonds. The summed E-state index contributed by atoms with van der Waals surface area (Å²) in [6.45, 7) is 0. The number of fused-ring (bicyclic) bond motifs is 3. The Kier molecular flexibility index (Phi) is 1.42. The molecule has 0 saturated heterocycles. The van der Waals surface area contributed by atoms with Gasteiger partial charge in [0, 0.05) is 17.0 Å². The van der Waals surface area contributed by atoms with Crippen LogP contribution in [0.5, 0.6) is 0 Å². The standard InChI is InChI=1S/C11H6N2O2/c14-11(15)9-5-7-8(13-9)2-1-6-3-4-12-10(6)7/h1-5H,(H,14,15). The zero-order valence-corrected chi connectivity index (χ0v) is 7.64. The van der Waals surface area contributed by atoms with Gasteiger partial charge in [0.15, 0.2) is 0 Å². The van der Waals surface area contributed by atoms with E-state index in [9.17, 15) is 4.79 Å². The van der Waals surface area contributed by atoms with Crippen LogP contribution in [0.2, 0.25) is 0 Å². The minimum Gasteiger partial charge on any atom is -0.477 e. The van der Waals surface area contributed by atoms with E-state index in [1.807, 2.05) is 18.2 Å². The number of carboxylic acids is 1. The average Bonchev–Trinajstić information content (AvgIpc) is 2.82. The summed E-state index contributed by atoms with van der Waals surface area (Å²) in [5.41, 5.74) is 1.68. The predicted octanol–water partition coefficient (Wildman–Crippen LogP) is 0.242. The maximum absolute atomic E-state index is 10.8. The molecule has 0 spiro atoms. The highest BCUT2D eigenvalue weighted by atomic mass is 16.4. The first-order valence-corrected chi connectivity index (χ1v) is 4.47. The van der Waals surface area contributed by atoms with Crippen molar-refractivity contribution in [3.63, 3.8) is 0 Å². The van der Waals surface area contributed by atoms with E-state index in [-0.39, 0.29) is 5.70 Å². The summed E-state index contributed by atoms with van der Waals surface area (Å²) >= 11 is 0. The lowest BCUT2D eigenvalue weighted by molar-refractivity contribution is -0.132. The number of carboxylic acid groups (broad SMARTS) is 1. The van der Waals surface area contributed by atoms with Crippen LogP contribution in [0.25, 0.3) is 12.2 Å². The van der Waals surface area contributed by atoms with Gasteiger partial charge in [0.1, 0.15) is 5.70 Å². The Morgan fingerprint density at radius 3 is 3.00 bits per heavy atom. The van der Waals surface area contributed by atoms with Gasteiger partial charge in [0.05, 0.1) is 11.0 Å². The molecule has 0 bridgehead atoms. The third-order valence-electron chi connectivity index (χ3n) is 2.42. The van der Waals surface area contributed by atoms with Gasteiger partial charge in [-0.2, -0.15) is 0 Å². The van der Waals surface area contributed by atoms with Crippen molar-refractivity contribution in [2.24, 2.45) is 9.98 Å². The summed E-state index contributed by atoms with van der Waals surface area (Å²) < 4.78 is 0. The Morgan fingerprint density at radius 1 is 1.33 bits per heavy atom. The molecule has 0 aliphatic carbocycles. The molecule has 72 valence electrons. The van der Waals surface area contributed by atoms with Crippen molar-refractivity contribution in [3.05, 3.63) is 34.0 Å². The van der Waals surface area contributed by atoms with Crippen LogP contribution in [-0.2, 0) is 4.79 Å². The van der Waals surface area contributed by atoms with Gasteiger partial charge >= 0.3 is 5.97 Å². The van der Waals surface area contributed by atoms with Crippen LogP contribution in [0, 0.1) is 0 Å². The van der Waals surface area contributed by atoms with Crippen LogP contribution < -0.4 is 10.6 Å². The number of benzene rings is 1. The lowest BCUT2D eigenvalue weighted by Crippen LogP contribution is -2.10.